The lowest BCUT2D eigenvalue weighted by Crippen LogP contribution is -2.36. The van der Waals surface area contributed by atoms with Crippen LogP contribution in [0.15, 0.2) is 30.5 Å². The third kappa shape index (κ3) is 2.84. The molecule has 1 aromatic heterocycles. The van der Waals surface area contributed by atoms with Crippen molar-refractivity contribution in [2.24, 2.45) is 0 Å². The van der Waals surface area contributed by atoms with Gasteiger partial charge in [-0.2, -0.15) is 0 Å². The smallest absolute Gasteiger partial charge is 0.223 e. The number of hydrogen-bond donors (Lipinski definition) is 1. The molecule has 1 aliphatic carbocycles. The Morgan fingerprint density at radius 1 is 1.37 bits per heavy atom. The SMILES string of the molecule is CC(CNc1ncc2ccccc2n1)N(C)C1CC1. The Morgan fingerprint density at radius 3 is 2.95 bits per heavy atom. The Morgan fingerprint density at radius 2 is 2.16 bits per heavy atom. The van der Waals surface area contributed by atoms with Gasteiger partial charge in [0.25, 0.3) is 0 Å². The van der Waals surface area contributed by atoms with Gasteiger partial charge in [0.1, 0.15) is 0 Å². The molecule has 0 bridgehead atoms. The van der Waals surface area contributed by atoms with Gasteiger partial charge in [-0.1, -0.05) is 18.2 Å². The average molecular weight is 256 g/mol. The van der Waals surface area contributed by atoms with Crippen LogP contribution in [0, 0.1) is 0 Å². The zero-order valence-electron chi connectivity index (χ0n) is 11.5. The maximum Gasteiger partial charge on any atom is 0.223 e. The molecule has 3 rings (SSSR count). The molecular weight excluding hydrogens is 236 g/mol. The molecule has 1 unspecified atom stereocenters. The van der Waals surface area contributed by atoms with Crippen molar-refractivity contribution >= 4 is 16.9 Å². The van der Waals surface area contributed by atoms with Crippen LogP contribution in [0.25, 0.3) is 10.9 Å². The van der Waals surface area contributed by atoms with Crippen LogP contribution in [0.4, 0.5) is 5.95 Å². The lowest BCUT2D eigenvalue weighted by atomic mass is 10.2. The second-order valence-corrected chi connectivity index (χ2v) is 5.38. The predicted octanol–water partition coefficient (Wildman–Crippen LogP) is 2.52. The molecule has 1 fully saturated rings. The van der Waals surface area contributed by atoms with Crippen molar-refractivity contribution in [1.29, 1.82) is 0 Å². The third-order valence-corrected chi connectivity index (χ3v) is 3.86. The van der Waals surface area contributed by atoms with Gasteiger partial charge < -0.3 is 5.32 Å². The van der Waals surface area contributed by atoms with E-state index in [0.29, 0.717) is 6.04 Å². The molecule has 1 heterocycles. The molecule has 0 radical (unpaired) electrons. The highest BCUT2D eigenvalue weighted by Crippen LogP contribution is 2.26. The van der Waals surface area contributed by atoms with Gasteiger partial charge in [-0.05, 0) is 32.9 Å². The van der Waals surface area contributed by atoms with E-state index >= 15 is 0 Å². The van der Waals surface area contributed by atoms with Crippen molar-refractivity contribution in [3.8, 4) is 0 Å². The van der Waals surface area contributed by atoms with E-state index < -0.39 is 0 Å². The van der Waals surface area contributed by atoms with E-state index in [4.69, 9.17) is 0 Å². The van der Waals surface area contributed by atoms with Gasteiger partial charge in [0.2, 0.25) is 5.95 Å². The molecule has 1 atom stereocenters. The minimum absolute atomic E-state index is 0.502. The summed E-state index contributed by atoms with van der Waals surface area (Å²) in [5.41, 5.74) is 0.989. The molecule has 1 saturated carbocycles. The van der Waals surface area contributed by atoms with Crippen LogP contribution in [0.5, 0.6) is 0 Å². The largest absolute Gasteiger partial charge is 0.353 e. The zero-order valence-corrected chi connectivity index (χ0v) is 11.5. The number of fused-ring (bicyclic) bond motifs is 1. The van der Waals surface area contributed by atoms with Gasteiger partial charge in [-0.15, -0.1) is 0 Å². The first-order valence-electron chi connectivity index (χ1n) is 6.91. The van der Waals surface area contributed by atoms with Gasteiger partial charge in [0.05, 0.1) is 5.52 Å². The molecule has 1 aliphatic rings. The van der Waals surface area contributed by atoms with E-state index in [1.54, 1.807) is 0 Å². The number of aromatic nitrogens is 2. The number of anilines is 1. The number of para-hydroxylation sites is 1. The molecule has 0 saturated heterocycles. The first-order valence-corrected chi connectivity index (χ1v) is 6.91. The van der Waals surface area contributed by atoms with Gasteiger partial charge in [0.15, 0.2) is 0 Å². The molecule has 2 aromatic rings. The molecule has 0 spiro atoms. The molecule has 4 nitrogen and oxygen atoms in total. The van der Waals surface area contributed by atoms with Crippen LogP contribution < -0.4 is 5.32 Å². The molecule has 100 valence electrons. The summed E-state index contributed by atoms with van der Waals surface area (Å²) in [7, 11) is 2.20. The number of nitrogens with zero attached hydrogens (tertiary/aromatic N) is 3. The predicted molar refractivity (Wildman–Crippen MR) is 78.3 cm³/mol. The first-order chi connectivity index (χ1) is 9.24. The zero-order chi connectivity index (χ0) is 13.2. The summed E-state index contributed by atoms with van der Waals surface area (Å²) in [6.45, 7) is 3.12. The summed E-state index contributed by atoms with van der Waals surface area (Å²) in [4.78, 5) is 11.3. The third-order valence-electron chi connectivity index (χ3n) is 3.86. The molecule has 0 aliphatic heterocycles. The lowest BCUT2D eigenvalue weighted by Gasteiger charge is -2.24. The van der Waals surface area contributed by atoms with Crippen LogP contribution in [0.1, 0.15) is 19.8 Å². The lowest BCUT2D eigenvalue weighted by molar-refractivity contribution is 0.257. The Hall–Kier alpha value is -1.68. The highest BCUT2D eigenvalue weighted by atomic mass is 15.2. The van der Waals surface area contributed by atoms with Crippen molar-refractivity contribution in [3.05, 3.63) is 30.5 Å². The van der Waals surface area contributed by atoms with Gasteiger partial charge in [-0.25, -0.2) is 9.97 Å². The van der Waals surface area contributed by atoms with Crippen LogP contribution in [-0.4, -0.2) is 40.5 Å². The molecular formula is C15H20N4. The first kappa shape index (κ1) is 12.4. The normalized spacial score (nSPS) is 16.8. The number of likely N-dealkylation sites (N-methyl/N-ethyl adjacent to an activating group) is 1. The molecule has 1 aromatic carbocycles. The number of benzene rings is 1. The highest BCUT2D eigenvalue weighted by molar-refractivity contribution is 5.78. The summed E-state index contributed by atoms with van der Waals surface area (Å²) in [6, 6.07) is 9.34. The van der Waals surface area contributed by atoms with Crippen molar-refractivity contribution in [2.45, 2.75) is 31.8 Å². The summed E-state index contributed by atoms with van der Waals surface area (Å²) in [5.74, 6) is 0.717. The topological polar surface area (TPSA) is 41.1 Å². The highest BCUT2D eigenvalue weighted by Gasteiger charge is 2.28. The van der Waals surface area contributed by atoms with Crippen molar-refractivity contribution in [1.82, 2.24) is 14.9 Å². The standard InChI is InChI=1S/C15H20N4/c1-11(19(2)13-7-8-13)9-16-15-17-10-12-5-3-4-6-14(12)18-15/h3-6,10-11,13H,7-9H2,1-2H3,(H,16,17,18). The molecule has 1 N–H and O–H groups in total. The average Bonchev–Trinajstić information content (AvgIpc) is 3.28. The van der Waals surface area contributed by atoms with Gasteiger partial charge >= 0.3 is 0 Å². The summed E-state index contributed by atoms with van der Waals surface area (Å²) < 4.78 is 0. The molecule has 0 amide bonds. The maximum atomic E-state index is 4.53. The summed E-state index contributed by atoms with van der Waals surface area (Å²) in [5, 5.41) is 4.42. The molecule has 4 heteroatoms. The second kappa shape index (κ2) is 5.13. The van der Waals surface area contributed by atoms with Crippen LogP contribution >= 0.6 is 0 Å². The number of rotatable bonds is 5. The van der Waals surface area contributed by atoms with Crippen LogP contribution in [-0.2, 0) is 0 Å². The summed E-state index contributed by atoms with van der Waals surface area (Å²) >= 11 is 0. The number of hydrogen-bond acceptors (Lipinski definition) is 4. The second-order valence-electron chi connectivity index (χ2n) is 5.38. The van der Waals surface area contributed by atoms with Crippen LogP contribution in [0.2, 0.25) is 0 Å². The Labute approximate surface area is 113 Å². The van der Waals surface area contributed by atoms with Gasteiger partial charge in [0, 0.05) is 30.2 Å². The van der Waals surface area contributed by atoms with E-state index in [-0.39, 0.29) is 0 Å². The van der Waals surface area contributed by atoms with Gasteiger partial charge in [-0.3, -0.25) is 4.90 Å². The molecule has 19 heavy (non-hydrogen) atoms. The van der Waals surface area contributed by atoms with E-state index in [2.05, 4.69) is 34.2 Å². The fourth-order valence-electron chi connectivity index (χ4n) is 2.28. The van der Waals surface area contributed by atoms with Crippen molar-refractivity contribution < 1.29 is 0 Å². The quantitative estimate of drug-likeness (QED) is 0.892. The Kier molecular flexibility index (Phi) is 3.34. The fraction of sp³-hybridized carbons (Fsp3) is 0.467. The minimum Gasteiger partial charge on any atom is -0.353 e. The minimum atomic E-state index is 0.502. The van der Waals surface area contributed by atoms with E-state index in [1.165, 1.54) is 12.8 Å². The van der Waals surface area contributed by atoms with E-state index in [0.717, 1.165) is 29.4 Å². The van der Waals surface area contributed by atoms with Crippen molar-refractivity contribution in [3.63, 3.8) is 0 Å². The Bertz CT molecular complexity index is 565. The Balaban J connectivity index is 1.64. The number of nitrogens with one attached hydrogen (secondary N) is 1. The van der Waals surface area contributed by atoms with E-state index in [9.17, 15) is 0 Å². The maximum absolute atomic E-state index is 4.53. The summed E-state index contributed by atoms with van der Waals surface area (Å²) in [6.07, 6.45) is 4.56. The fourth-order valence-corrected chi connectivity index (χ4v) is 2.28. The van der Waals surface area contributed by atoms with Crippen molar-refractivity contribution in [2.75, 3.05) is 18.9 Å². The van der Waals surface area contributed by atoms with E-state index in [1.807, 2.05) is 30.5 Å². The van der Waals surface area contributed by atoms with Crippen LogP contribution in [0.3, 0.4) is 0 Å². The monoisotopic (exact) mass is 256 g/mol.